The summed E-state index contributed by atoms with van der Waals surface area (Å²) in [7, 11) is 0. The molecular weight excluding hydrogens is 252 g/mol. The molecule has 0 aliphatic carbocycles. The number of halogens is 1. The standard InChI is InChI=1S/C14H17ClO3/c1-2-3-4-10-18-14-11(8-9-13(16)17)6-5-7-12(14)15/h5-9H,2-4,10H2,1H3,(H,16,17)/b9-8+. The first-order valence-corrected chi connectivity index (χ1v) is 6.35. The fraction of sp³-hybridized carbons (Fsp3) is 0.357. The molecule has 18 heavy (non-hydrogen) atoms. The summed E-state index contributed by atoms with van der Waals surface area (Å²) >= 11 is 6.05. The van der Waals surface area contributed by atoms with Gasteiger partial charge in [-0.1, -0.05) is 43.5 Å². The van der Waals surface area contributed by atoms with Crippen LogP contribution in [0.3, 0.4) is 0 Å². The maximum atomic E-state index is 10.5. The van der Waals surface area contributed by atoms with E-state index in [9.17, 15) is 4.79 Å². The van der Waals surface area contributed by atoms with E-state index in [1.54, 1.807) is 18.2 Å². The van der Waals surface area contributed by atoms with E-state index in [0.29, 0.717) is 22.9 Å². The van der Waals surface area contributed by atoms with Gasteiger partial charge in [0.25, 0.3) is 0 Å². The number of unbranched alkanes of at least 4 members (excludes halogenated alkanes) is 2. The molecule has 0 bridgehead atoms. The Balaban J connectivity index is 2.77. The van der Waals surface area contributed by atoms with Crippen molar-refractivity contribution < 1.29 is 14.6 Å². The largest absolute Gasteiger partial charge is 0.491 e. The number of ether oxygens (including phenoxy) is 1. The summed E-state index contributed by atoms with van der Waals surface area (Å²) in [4.78, 5) is 10.5. The summed E-state index contributed by atoms with van der Waals surface area (Å²) in [6.45, 7) is 2.71. The van der Waals surface area contributed by atoms with E-state index >= 15 is 0 Å². The van der Waals surface area contributed by atoms with Crippen LogP contribution >= 0.6 is 11.6 Å². The molecule has 0 spiro atoms. The lowest BCUT2D eigenvalue weighted by molar-refractivity contribution is -0.131. The van der Waals surface area contributed by atoms with Crippen LogP contribution in [0, 0.1) is 0 Å². The van der Waals surface area contributed by atoms with E-state index in [0.717, 1.165) is 25.3 Å². The van der Waals surface area contributed by atoms with Gasteiger partial charge in [-0.3, -0.25) is 0 Å². The summed E-state index contributed by atoms with van der Waals surface area (Å²) in [6.07, 6.45) is 5.75. The van der Waals surface area contributed by atoms with Crippen molar-refractivity contribution in [1.82, 2.24) is 0 Å². The van der Waals surface area contributed by atoms with E-state index in [-0.39, 0.29) is 0 Å². The molecule has 0 amide bonds. The number of carboxylic acid groups (broad SMARTS) is 1. The van der Waals surface area contributed by atoms with Crippen LogP contribution in [-0.2, 0) is 4.79 Å². The molecule has 0 unspecified atom stereocenters. The lowest BCUT2D eigenvalue weighted by atomic mass is 10.2. The Bertz CT molecular complexity index is 427. The predicted molar refractivity (Wildman–Crippen MR) is 73.1 cm³/mol. The molecule has 0 saturated carbocycles. The molecule has 1 rings (SSSR count). The van der Waals surface area contributed by atoms with Crippen LogP contribution in [0.5, 0.6) is 5.75 Å². The van der Waals surface area contributed by atoms with Crippen LogP contribution in [0.2, 0.25) is 5.02 Å². The molecule has 0 fully saturated rings. The fourth-order valence-electron chi connectivity index (χ4n) is 1.50. The average Bonchev–Trinajstić information content (AvgIpc) is 2.34. The minimum absolute atomic E-state index is 0.499. The normalized spacial score (nSPS) is 10.8. The Hall–Kier alpha value is -1.48. The van der Waals surface area contributed by atoms with Crippen molar-refractivity contribution in [3.8, 4) is 5.75 Å². The Morgan fingerprint density at radius 3 is 2.89 bits per heavy atom. The topological polar surface area (TPSA) is 46.5 Å². The number of carbonyl (C=O) groups is 1. The van der Waals surface area contributed by atoms with Crippen molar-refractivity contribution in [3.63, 3.8) is 0 Å². The second-order valence-corrected chi connectivity index (χ2v) is 4.29. The number of hydrogen-bond donors (Lipinski definition) is 1. The number of carboxylic acids is 1. The van der Waals surface area contributed by atoms with Gasteiger partial charge in [0.1, 0.15) is 5.75 Å². The quantitative estimate of drug-likeness (QED) is 0.600. The molecule has 0 saturated heterocycles. The third-order valence-corrected chi connectivity index (χ3v) is 2.69. The molecular formula is C14H17ClO3. The second kappa shape index (κ2) is 7.77. The van der Waals surface area contributed by atoms with E-state index in [1.807, 2.05) is 0 Å². The lowest BCUT2D eigenvalue weighted by Gasteiger charge is -2.10. The van der Waals surface area contributed by atoms with Crippen LogP contribution in [0.25, 0.3) is 6.08 Å². The zero-order valence-corrected chi connectivity index (χ0v) is 11.1. The van der Waals surface area contributed by atoms with Gasteiger partial charge in [-0.15, -0.1) is 0 Å². The summed E-state index contributed by atoms with van der Waals surface area (Å²) in [6, 6.07) is 5.28. The van der Waals surface area contributed by atoms with Crippen molar-refractivity contribution in [2.24, 2.45) is 0 Å². The Kier molecular flexibility index (Phi) is 6.29. The van der Waals surface area contributed by atoms with Crippen LogP contribution in [0.4, 0.5) is 0 Å². The predicted octanol–water partition coefficient (Wildman–Crippen LogP) is 4.01. The first kappa shape index (κ1) is 14.6. The zero-order chi connectivity index (χ0) is 13.4. The highest BCUT2D eigenvalue weighted by Gasteiger charge is 2.06. The Labute approximate surface area is 112 Å². The highest BCUT2D eigenvalue weighted by molar-refractivity contribution is 6.32. The monoisotopic (exact) mass is 268 g/mol. The molecule has 0 aliphatic heterocycles. The zero-order valence-electron chi connectivity index (χ0n) is 10.4. The van der Waals surface area contributed by atoms with Crippen molar-refractivity contribution in [2.75, 3.05) is 6.61 Å². The second-order valence-electron chi connectivity index (χ2n) is 3.89. The molecule has 0 heterocycles. The highest BCUT2D eigenvalue weighted by atomic mass is 35.5. The van der Waals surface area contributed by atoms with Crippen molar-refractivity contribution in [2.45, 2.75) is 26.2 Å². The first-order valence-electron chi connectivity index (χ1n) is 5.97. The fourth-order valence-corrected chi connectivity index (χ4v) is 1.73. The number of hydrogen-bond acceptors (Lipinski definition) is 2. The SMILES string of the molecule is CCCCCOc1c(Cl)cccc1/C=C/C(=O)O. The van der Waals surface area contributed by atoms with Gasteiger partial charge >= 0.3 is 5.97 Å². The lowest BCUT2D eigenvalue weighted by Crippen LogP contribution is -1.99. The molecule has 1 N–H and O–H groups in total. The van der Waals surface area contributed by atoms with E-state index in [4.69, 9.17) is 21.4 Å². The molecule has 1 aromatic carbocycles. The molecule has 0 aliphatic rings. The highest BCUT2D eigenvalue weighted by Crippen LogP contribution is 2.29. The molecule has 3 nitrogen and oxygen atoms in total. The molecule has 0 radical (unpaired) electrons. The molecule has 1 aromatic rings. The average molecular weight is 269 g/mol. The van der Waals surface area contributed by atoms with Gasteiger partial charge in [0, 0.05) is 11.6 Å². The number of aliphatic carboxylic acids is 1. The van der Waals surface area contributed by atoms with E-state index in [1.165, 1.54) is 6.08 Å². The van der Waals surface area contributed by atoms with Gasteiger partial charge in [0.2, 0.25) is 0 Å². The third-order valence-electron chi connectivity index (χ3n) is 2.40. The summed E-state index contributed by atoms with van der Waals surface area (Å²) in [5.74, 6) is -0.445. The minimum atomic E-state index is -0.994. The minimum Gasteiger partial charge on any atom is -0.491 e. The van der Waals surface area contributed by atoms with Crippen LogP contribution in [0.1, 0.15) is 31.7 Å². The number of para-hydroxylation sites is 1. The summed E-state index contributed by atoms with van der Waals surface area (Å²) in [5, 5.41) is 9.12. The molecule has 4 heteroatoms. The van der Waals surface area contributed by atoms with Crippen LogP contribution in [0.15, 0.2) is 24.3 Å². The van der Waals surface area contributed by atoms with Gasteiger partial charge in [-0.25, -0.2) is 4.79 Å². The number of rotatable bonds is 7. The van der Waals surface area contributed by atoms with Crippen LogP contribution in [-0.4, -0.2) is 17.7 Å². The van der Waals surface area contributed by atoms with Gasteiger partial charge in [0.15, 0.2) is 0 Å². The van der Waals surface area contributed by atoms with Gasteiger partial charge in [-0.2, -0.15) is 0 Å². The van der Waals surface area contributed by atoms with Gasteiger partial charge in [-0.05, 0) is 18.6 Å². The number of benzene rings is 1. The van der Waals surface area contributed by atoms with Gasteiger partial charge in [0.05, 0.1) is 11.6 Å². The van der Waals surface area contributed by atoms with E-state index < -0.39 is 5.97 Å². The molecule has 0 atom stereocenters. The summed E-state index contributed by atoms with van der Waals surface area (Å²) < 4.78 is 5.63. The van der Waals surface area contributed by atoms with E-state index in [2.05, 4.69) is 6.92 Å². The van der Waals surface area contributed by atoms with Crippen molar-refractivity contribution in [3.05, 3.63) is 34.9 Å². The van der Waals surface area contributed by atoms with Crippen molar-refractivity contribution in [1.29, 1.82) is 0 Å². The Morgan fingerprint density at radius 1 is 1.44 bits per heavy atom. The molecule has 98 valence electrons. The Morgan fingerprint density at radius 2 is 2.22 bits per heavy atom. The maximum Gasteiger partial charge on any atom is 0.328 e. The first-order chi connectivity index (χ1) is 8.65. The smallest absolute Gasteiger partial charge is 0.328 e. The maximum absolute atomic E-state index is 10.5. The molecule has 0 aromatic heterocycles. The summed E-state index contributed by atoms with van der Waals surface area (Å²) in [5.41, 5.74) is 0.682. The van der Waals surface area contributed by atoms with Gasteiger partial charge < -0.3 is 9.84 Å². The third kappa shape index (κ3) is 4.80. The van der Waals surface area contributed by atoms with Crippen LogP contribution < -0.4 is 4.74 Å². The van der Waals surface area contributed by atoms with Crippen molar-refractivity contribution >= 4 is 23.6 Å².